The van der Waals surface area contributed by atoms with E-state index >= 15 is 0 Å². The Morgan fingerprint density at radius 2 is 2.46 bits per heavy atom. The normalized spacial score (nSPS) is 10.7. The summed E-state index contributed by atoms with van der Waals surface area (Å²) in [7, 11) is 1.34. The second-order valence-corrected chi connectivity index (χ2v) is 4.67. The molecule has 0 spiro atoms. The van der Waals surface area contributed by atoms with Crippen molar-refractivity contribution in [2.24, 2.45) is 0 Å². The number of thiophene rings is 1. The van der Waals surface area contributed by atoms with Crippen LogP contribution in [0.3, 0.4) is 0 Å². The Kier molecular flexibility index (Phi) is 3.96. The molecule has 0 bridgehead atoms. The van der Waals surface area contributed by atoms with Crippen LogP contribution in [0.25, 0.3) is 6.08 Å². The zero-order valence-corrected chi connectivity index (χ0v) is 9.87. The maximum Gasteiger partial charge on any atom is 0.330 e. The highest BCUT2D eigenvalue weighted by Gasteiger charge is 2.01. The van der Waals surface area contributed by atoms with Crippen molar-refractivity contribution in [3.8, 4) is 0 Å². The van der Waals surface area contributed by atoms with Crippen molar-refractivity contribution < 1.29 is 9.53 Å². The molecule has 13 heavy (non-hydrogen) atoms. The number of esters is 1. The minimum absolute atomic E-state index is 0.374. The molecular formula is C8H6BrClO2S. The lowest BCUT2D eigenvalue weighted by molar-refractivity contribution is -0.134. The number of carbonyl (C=O) groups excluding carboxylic acids is 1. The van der Waals surface area contributed by atoms with Crippen LogP contribution in [-0.2, 0) is 9.53 Å². The average molecular weight is 282 g/mol. The molecule has 0 atom stereocenters. The largest absolute Gasteiger partial charge is 0.466 e. The summed E-state index contributed by atoms with van der Waals surface area (Å²) in [4.78, 5) is 11.6. The molecule has 0 aliphatic heterocycles. The number of halogens is 2. The van der Waals surface area contributed by atoms with Crippen molar-refractivity contribution in [2.75, 3.05) is 7.11 Å². The Bertz CT molecular complexity index is 326. The van der Waals surface area contributed by atoms with Gasteiger partial charge >= 0.3 is 5.97 Å². The maximum atomic E-state index is 10.7. The first-order chi connectivity index (χ1) is 6.13. The fourth-order valence-corrected chi connectivity index (χ4v) is 2.30. The molecule has 0 aliphatic carbocycles. The molecule has 2 nitrogen and oxygen atoms in total. The van der Waals surface area contributed by atoms with Crippen LogP contribution in [0.4, 0.5) is 0 Å². The molecule has 0 N–H and O–H groups in total. The van der Waals surface area contributed by atoms with Crippen LogP contribution in [0, 0.1) is 0 Å². The lowest BCUT2D eigenvalue weighted by Crippen LogP contribution is -1.92. The minimum atomic E-state index is -0.374. The van der Waals surface area contributed by atoms with Gasteiger partial charge < -0.3 is 4.74 Å². The number of carbonyl (C=O) groups is 1. The first kappa shape index (κ1) is 10.8. The van der Waals surface area contributed by atoms with Crippen LogP contribution < -0.4 is 0 Å². The van der Waals surface area contributed by atoms with E-state index in [0.29, 0.717) is 4.34 Å². The van der Waals surface area contributed by atoms with Crippen molar-refractivity contribution in [1.82, 2.24) is 0 Å². The molecule has 5 heteroatoms. The van der Waals surface area contributed by atoms with Crippen LogP contribution in [0.15, 0.2) is 16.6 Å². The van der Waals surface area contributed by atoms with Gasteiger partial charge in [-0.05, 0) is 28.1 Å². The van der Waals surface area contributed by atoms with E-state index in [1.54, 1.807) is 6.08 Å². The summed E-state index contributed by atoms with van der Waals surface area (Å²) in [6.07, 6.45) is 3.02. The Morgan fingerprint density at radius 3 is 2.92 bits per heavy atom. The highest BCUT2D eigenvalue weighted by atomic mass is 79.9. The topological polar surface area (TPSA) is 26.3 Å². The van der Waals surface area contributed by atoms with Gasteiger partial charge in [0.25, 0.3) is 0 Å². The number of hydrogen-bond donors (Lipinski definition) is 0. The van der Waals surface area contributed by atoms with E-state index in [2.05, 4.69) is 20.7 Å². The molecular weight excluding hydrogens is 276 g/mol. The highest BCUT2D eigenvalue weighted by molar-refractivity contribution is 9.10. The summed E-state index contributed by atoms with van der Waals surface area (Å²) in [5.74, 6) is -0.374. The van der Waals surface area contributed by atoms with E-state index in [1.165, 1.54) is 24.5 Å². The second kappa shape index (κ2) is 4.79. The van der Waals surface area contributed by atoms with Crippen molar-refractivity contribution in [1.29, 1.82) is 0 Å². The van der Waals surface area contributed by atoms with Crippen molar-refractivity contribution in [3.63, 3.8) is 0 Å². The predicted molar refractivity (Wildman–Crippen MR) is 58.1 cm³/mol. The summed E-state index contributed by atoms with van der Waals surface area (Å²) in [6.45, 7) is 0. The third-order valence-electron chi connectivity index (χ3n) is 1.25. The van der Waals surface area contributed by atoms with Gasteiger partial charge in [0.2, 0.25) is 0 Å². The van der Waals surface area contributed by atoms with Gasteiger partial charge in [-0.1, -0.05) is 11.6 Å². The monoisotopic (exact) mass is 280 g/mol. The summed E-state index contributed by atoms with van der Waals surface area (Å²) < 4.78 is 5.95. The van der Waals surface area contributed by atoms with E-state index in [9.17, 15) is 4.79 Å². The van der Waals surface area contributed by atoms with Gasteiger partial charge in [-0.2, -0.15) is 0 Å². The third-order valence-corrected chi connectivity index (χ3v) is 3.69. The van der Waals surface area contributed by atoms with Crippen molar-refractivity contribution in [3.05, 3.63) is 25.8 Å². The Morgan fingerprint density at radius 1 is 1.77 bits per heavy atom. The zero-order valence-electron chi connectivity index (χ0n) is 6.71. The number of hydrogen-bond acceptors (Lipinski definition) is 3. The van der Waals surface area contributed by atoms with Crippen LogP contribution in [0.2, 0.25) is 4.34 Å². The molecule has 0 aromatic carbocycles. The first-order valence-corrected chi connectivity index (χ1v) is 5.33. The van der Waals surface area contributed by atoms with Gasteiger partial charge in [0, 0.05) is 15.4 Å². The average Bonchev–Trinajstić information content (AvgIpc) is 2.42. The summed E-state index contributed by atoms with van der Waals surface area (Å²) in [5.41, 5.74) is 0. The van der Waals surface area contributed by atoms with E-state index in [0.717, 1.165) is 9.35 Å². The van der Waals surface area contributed by atoms with Crippen LogP contribution in [-0.4, -0.2) is 13.1 Å². The smallest absolute Gasteiger partial charge is 0.330 e. The molecule has 0 saturated carbocycles. The second-order valence-electron chi connectivity index (χ2n) is 2.13. The number of ether oxygens (including phenoxy) is 1. The van der Waals surface area contributed by atoms with Crippen molar-refractivity contribution >= 4 is 50.9 Å². The molecule has 1 heterocycles. The fourth-order valence-electron chi connectivity index (χ4n) is 0.664. The van der Waals surface area contributed by atoms with E-state index in [1.807, 2.05) is 6.07 Å². The molecule has 1 aromatic rings. The molecule has 70 valence electrons. The molecule has 0 saturated heterocycles. The molecule has 0 fully saturated rings. The van der Waals surface area contributed by atoms with E-state index in [-0.39, 0.29) is 5.97 Å². The van der Waals surface area contributed by atoms with Gasteiger partial charge in [-0.3, -0.25) is 0 Å². The number of rotatable bonds is 2. The molecule has 0 radical (unpaired) electrons. The molecule has 0 amide bonds. The lowest BCUT2D eigenvalue weighted by Gasteiger charge is -1.87. The first-order valence-electron chi connectivity index (χ1n) is 3.34. The number of methoxy groups -OCH3 is 1. The lowest BCUT2D eigenvalue weighted by atomic mass is 10.4. The van der Waals surface area contributed by atoms with Crippen LogP contribution in [0.1, 0.15) is 4.88 Å². The molecule has 0 unspecified atom stereocenters. The van der Waals surface area contributed by atoms with Gasteiger partial charge in [0.1, 0.15) is 4.34 Å². The molecule has 1 aromatic heterocycles. The quantitative estimate of drug-likeness (QED) is 0.614. The van der Waals surface area contributed by atoms with Crippen molar-refractivity contribution in [2.45, 2.75) is 0 Å². The van der Waals surface area contributed by atoms with E-state index in [4.69, 9.17) is 11.6 Å². The van der Waals surface area contributed by atoms with E-state index < -0.39 is 0 Å². The summed E-state index contributed by atoms with van der Waals surface area (Å²) in [6, 6.07) is 1.84. The van der Waals surface area contributed by atoms with Gasteiger partial charge in [-0.15, -0.1) is 11.3 Å². The zero-order chi connectivity index (χ0) is 9.84. The van der Waals surface area contributed by atoms with Gasteiger partial charge in [-0.25, -0.2) is 4.79 Å². The van der Waals surface area contributed by atoms with Gasteiger partial charge in [0.15, 0.2) is 0 Å². The van der Waals surface area contributed by atoms with Gasteiger partial charge in [0.05, 0.1) is 7.11 Å². The standard InChI is InChI=1S/C8H6BrClO2S/c1-12-7(11)3-2-5-4-6(9)8(10)13-5/h2-4H,1H3/b3-2+. The molecule has 0 aliphatic rings. The SMILES string of the molecule is COC(=O)/C=C/c1cc(Br)c(Cl)s1. The molecule has 1 rings (SSSR count). The van der Waals surface area contributed by atoms with Crippen LogP contribution >= 0.6 is 38.9 Å². The maximum absolute atomic E-state index is 10.7. The predicted octanol–water partition coefficient (Wildman–Crippen LogP) is 3.35. The summed E-state index contributed by atoms with van der Waals surface area (Å²) in [5, 5.41) is 0. The van der Waals surface area contributed by atoms with Crippen LogP contribution in [0.5, 0.6) is 0 Å². The highest BCUT2D eigenvalue weighted by Crippen LogP contribution is 2.32. The Balaban J connectivity index is 2.74. The Labute approximate surface area is 93.3 Å². The summed E-state index contributed by atoms with van der Waals surface area (Å²) >= 11 is 10.5. The minimum Gasteiger partial charge on any atom is -0.466 e. The third kappa shape index (κ3) is 3.14. The fraction of sp³-hybridized carbons (Fsp3) is 0.125. The Hall–Kier alpha value is -0.320.